The van der Waals surface area contributed by atoms with E-state index in [-0.39, 0.29) is 12.3 Å². The molecule has 0 radical (unpaired) electrons. The standard InChI is InChI=1S/C21H23BrN2O4S/c1-4-26-19-8-14(16(22)10-20(19)27-5-2)9-21(25)23-11-15-6-7-18(28-15)17-12-29-13(3)24-17/h6-8,10,12H,4-5,9,11H2,1-3H3,(H,23,25). The Morgan fingerprint density at radius 3 is 2.59 bits per heavy atom. The lowest BCUT2D eigenvalue weighted by molar-refractivity contribution is -0.120. The number of aryl methyl sites for hydroxylation is 1. The molecule has 0 saturated heterocycles. The first kappa shape index (κ1) is 21.4. The zero-order valence-corrected chi connectivity index (χ0v) is 19.0. The molecule has 6 nitrogen and oxygen atoms in total. The Labute approximate surface area is 182 Å². The number of hydrogen-bond donors (Lipinski definition) is 1. The number of thiazole rings is 1. The summed E-state index contributed by atoms with van der Waals surface area (Å²) in [5.74, 6) is 2.56. The molecule has 1 N–H and O–H groups in total. The number of carbonyl (C=O) groups excluding carboxylic acids is 1. The Balaban J connectivity index is 1.62. The molecule has 0 aliphatic rings. The first-order chi connectivity index (χ1) is 14.0. The van der Waals surface area contributed by atoms with Crippen LogP contribution in [0.3, 0.4) is 0 Å². The summed E-state index contributed by atoms with van der Waals surface area (Å²) < 4.78 is 17.8. The summed E-state index contributed by atoms with van der Waals surface area (Å²) in [7, 11) is 0. The molecule has 1 amide bonds. The summed E-state index contributed by atoms with van der Waals surface area (Å²) in [5, 5.41) is 5.83. The van der Waals surface area contributed by atoms with Gasteiger partial charge in [-0.2, -0.15) is 0 Å². The number of halogens is 1. The second kappa shape index (κ2) is 9.93. The predicted octanol–water partition coefficient (Wildman–Crippen LogP) is 5.13. The lowest BCUT2D eigenvalue weighted by Gasteiger charge is -2.14. The number of nitrogens with one attached hydrogen (secondary N) is 1. The fourth-order valence-corrected chi connectivity index (χ4v) is 3.82. The maximum absolute atomic E-state index is 12.4. The molecule has 1 aromatic carbocycles. The van der Waals surface area contributed by atoms with E-state index in [0.29, 0.717) is 42.8 Å². The van der Waals surface area contributed by atoms with Crippen molar-refractivity contribution < 1.29 is 18.7 Å². The molecule has 0 atom stereocenters. The molecule has 0 saturated carbocycles. The fourth-order valence-electron chi connectivity index (χ4n) is 2.76. The number of ether oxygens (including phenoxy) is 2. The number of amides is 1. The number of rotatable bonds is 9. The molecular formula is C21H23BrN2O4S. The highest BCUT2D eigenvalue weighted by Crippen LogP contribution is 2.34. The van der Waals surface area contributed by atoms with Crippen LogP contribution in [0.4, 0.5) is 0 Å². The van der Waals surface area contributed by atoms with Crippen LogP contribution in [-0.4, -0.2) is 24.1 Å². The summed E-state index contributed by atoms with van der Waals surface area (Å²) in [6, 6.07) is 7.40. The third-order valence-corrected chi connectivity index (χ3v) is 5.57. The van der Waals surface area contributed by atoms with Gasteiger partial charge in [-0.25, -0.2) is 4.98 Å². The van der Waals surface area contributed by atoms with Crippen molar-refractivity contribution in [3.63, 3.8) is 0 Å². The molecule has 29 heavy (non-hydrogen) atoms. The molecule has 0 aliphatic heterocycles. The molecule has 8 heteroatoms. The van der Waals surface area contributed by atoms with E-state index in [0.717, 1.165) is 20.7 Å². The van der Waals surface area contributed by atoms with Crippen LogP contribution in [0.15, 0.2) is 38.5 Å². The van der Waals surface area contributed by atoms with Gasteiger partial charge in [-0.1, -0.05) is 15.9 Å². The molecular weight excluding hydrogens is 456 g/mol. The van der Waals surface area contributed by atoms with E-state index in [9.17, 15) is 4.79 Å². The van der Waals surface area contributed by atoms with Crippen molar-refractivity contribution in [2.75, 3.05) is 13.2 Å². The van der Waals surface area contributed by atoms with Gasteiger partial charge in [0.05, 0.1) is 31.2 Å². The highest BCUT2D eigenvalue weighted by atomic mass is 79.9. The smallest absolute Gasteiger partial charge is 0.224 e. The first-order valence-electron chi connectivity index (χ1n) is 9.36. The average molecular weight is 479 g/mol. The van der Waals surface area contributed by atoms with E-state index in [1.807, 2.05) is 50.4 Å². The van der Waals surface area contributed by atoms with E-state index in [4.69, 9.17) is 13.9 Å². The van der Waals surface area contributed by atoms with Crippen LogP contribution in [0.2, 0.25) is 0 Å². The fraction of sp³-hybridized carbons (Fsp3) is 0.333. The van der Waals surface area contributed by atoms with Crippen molar-refractivity contribution in [2.24, 2.45) is 0 Å². The number of benzene rings is 1. The largest absolute Gasteiger partial charge is 0.490 e. The molecule has 154 valence electrons. The van der Waals surface area contributed by atoms with Crippen molar-refractivity contribution in [1.82, 2.24) is 10.3 Å². The first-order valence-corrected chi connectivity index (χ1v) is 11.0. The number of hydrogen-bond acceptors (Lipinski definition) is 6. The molecule has 0 spiro atoms. The molecule has 0 fully saturated rings. The molecule has 2 heterocycles. The Bertz CT molecular complexity index is 983. The highest BCUT2D eigenvalue weighted by molar-refractivity contribution is 9.10. The molecule has 0 unspecified atom stereocenters. The molecule has 3 rings (SSSR count). The highest BCUT2D eigenvalue weighted by Gasteiger charge is 2.14. The minimum atomic E-state index is -0.111. The van der Waals surface area contributed by atoms with Crippen molar-refractivity contribution in [3.05, 3.63) is 50.4 Å². The predicted molar refractivity (Wildman–Crippen MR) is 117 cm³/mol. The van der Waals surface area contributed by atoms with Gasteiger partial charge in [-0.15, -0.1) is 11.3 Å². The molecule has 0 aliphatic carbocycles. The van der Waals surface area contributed by atoms with Gasteiger partial charge in [0.15, 0.2) is 17.3 Å². The summed E-state index contributed by atoms with van der Waals surface area (Å²) in [5.41, 5.74) is 1.64. The second-order valence-electron chi connectivity index (χ2n) is 6.23. The van der Waals surface area contributed by atoms with Gasteiger partial charge in [0.1, 0.15) is 11.5 Å². The van der Waals surface area contributed by atoms with Gasteiger partial charge in [0, 0.05) is 9.85 Å². The van der Waals surface area contributed by atoms with Gasteiger partial charge >= 0.3 is 0 Å². The summed E-state index contributed by atoms with van der Waals surface area (Å²) in [6.07, 6.45) is 0.214. The molecule has 3 aromatic rings. The van der Waals surface area contributed by atoms with E-state index in [1.165, 1.54) is 0 Å². The number of carbonyl (C=O) groups is 1. The Morgan fingerprint density at radius 2 is 1.93 bits per heavy atom. The van der Waals surface area contributed by atoms with E-state index >= 15 is 0 Å². The number of nitrogens with zero attached hydrogens (tertiary/aromatic N) is 1. The van der Waals surface area contributed by atoms with Gasteiger partial charge in [0.25, 0.3) is 0 Å². The number of furan rings is 1. The summed E-state index contributed by atoms with van der Waals surface area (Å²) in [6.45, 7) is 7.16. The van der Waals surface area contributed by atoms with E-state index in [2.05, 4.69) is 26.2 Å². The third kappa shape index (κ3) is 5.61. The van der Waals surface area contributed by atoms with Gasteiger partial charge in [-0.05, 0) is 50.6 Å². The second-order valence-corrected chi connectivity index (χ2v) is 8.14. The van der Waals surface area contributed by atoms with Gasteiger partial charge in [0.2, 0.25) is 5.91 Å². The normalized spacial score (nSPS) is 10.8. The minimum Gasteiger partial charge on any atom is -0.490 e. The van der Waals surface area contributed by atoms with Crippen molar-refractivity contribution in [3.8, 4) is 23.0 Å². The van der Waals surface area contributed by atoms with Crippen molar-refractivity contribution in [1.29, 1.82) is 0 Å². The summed E-state index contributed by atoms with van der Waals surface area (Å²) >= 11 is 5.09. The Morgan fingerprint density at radius 1 is 1.21 bits per heavy atom. The zero-order valence-electron chi connectivity index (χ0n) is 16.6. The van der Waals surface area contributed by atoms with Crippen molar-refractivity contribution >= 4 is 33.2 Å². The maximum Gasteiger partial charge on any atom is 0.224 e. The Kier molecular flexibility index (Phi) is 7.33. The Hall–Kier alpha value is -2.32. The topological polar surface area (TPSA) is 73.6 Å². The van der Waals surface area contributed by atoms with Crippen LogP contribution in [0.1, 0.15) is 30.2 Å². The van der Waals surface area contributed by atoms with Crippen LogP contribution in [-0.2, 0) is 17.8 Å². The van der Waals surface area contributed by atoms with Crippen LogP contribution in [0.5, 0.6) is 11.5 Å². The zero-order chi connectivity index (χ0) is 20.8. The van der Waals surface area contributed by atoms with Crippen LogP contribution >= 0.6 is 27.3 Å². The van der Waals surface area contributed by atoms with Crippen LogP contribution in [0, 0.1) is 6.92 Å². The maximum atomic E-state index is 12.4. The van der Waals surface area contributed by atoms with Gasteiger partial charge < -0.3 is 19.2 Å². The lowest BCUT2D eigenvalue weighted by Crippen LogP contribution is -2.24. The lowest BCUT2D eigenvalue weighted by atomic mass is 10.1. The number of aromatic nitrogens is 1. The quantitative estimate of drug-likeness (QED) is 0.461. The van der Waals surface area contributed by atoms with E-state index in [1.54, 1.807) is 11.3 Å². The minimum absolute atomic E-state index is 0.111. The van der Waals surface area contributed by atoms with Gasteiger partial charge in [-0.3, -0.25) is 4.79 Å². The third-order valence-electron chi connectivity index (χ3n) is 4.06. The SMILES string of the molecule is CCOc1cc(Br)c(CC(=O)NCc2ccc(-c3csc(C)n3)o2)cc1OCC. The van der Waals surface area contributed by atoms with E-state index < -0.39 is 0 Å². The molecule has 2 aromatic heterocycles. The van der Waals surface area contributed by atoms with Crippen molar-refractivity contribution in [2.45, 2.75) is 33.7 Å². The summed E-state index contributed by atoms with van der Waals surface area (Å²) in [4.78, 5) is 16.9. The average Bonchev–Trinajstić information content (AvgIpc) is 3.33. The van der Waals surface area contributed by atoms with Crippen LogP contribution in [0.25, 0.3) is 11.5 Å². The monoisotopic (exact) mass is 478 g/mol. The molecule has 0 bridgehead atoms. The van der Waals surface area contributed by atoms with Crippen LogP contribution < -0.4 is 14.8 Å².